The molecule has 112 valence electrons. The summed E-state index contributed by atoms with van der Waals surface area (Å²) in [7, 11) is 0. The number of benzene rings is 1. The molecule has 2 amide bonds. The standard InChI is InChI=1S/C15H24N2O3/c1-10(2)17-15(19)16-9-14(18)12-6-5-7-13(8-12)20-11(3)4/h5-8,10-11,14,18H,9H2,1-4H3,(H2,16,17,19). The second-order valence-electron chi connectivity index (χ2n) is 5.26. The van der Waals surface area contributed by atoms with E-state index in [1.165, 1.54) is 0 Å². The summed E-state index contributed by atoms with van der Waals surface area (Å²) in [6.45, 7) is 7.80. The molecule has 20 heavy (non-hydrogen) atoms. The molecule has 1 rings (SSSR count). The zero-order valence-electron chi connectivity index (χ0n) is 12.5. The minimum Gasteiger partial charge on any atom is -0.491 e. The van der Waals surface area contributed by atoms with Gasteiger partial charge in [-0.3, -0.25) is 0 Å². The van der Waals surface area contributed by atoms with Crippen LogP contribution in [0.1, 0.15) is 39.4 Å². The molecule has 0 bridgehead atoms. The highest BCUT2D eigenvalue weighted by Gasteiger charge is 2.11. The number of ether oxygens (including phenoxy) is 1. The highest BCUT2D eigenvalue weighted by atomic mass is 16.5. The highest BCUT2D eigenvalue weighted by molar-refractivity contribution is 5.74. The van der Waals surface area contributed by atoms with Gasteiger partial charge >= 0.3 is 6.03 Å². The number of hydrogen-bond donors (Lipinski definition) is 3. The van der Waals surface area contributed by atoms with E-state index >= 15 is 0 Å². The van der Waals surface area contributed by atoms with Crippen molar-refractivity contribution in [2.75, 3.05) is 6.54 Å². The number of rotatable bonds is 6. The third-order valence-electron chi connectivity index (χ3n) is 2.49. The Kier molecular flexibility index (Phi) is 6.31. The zero-order valence-corrected chi connectivity index (χ0v) is 12.5. The fourth-order valence-electron chi connectivity index (χ4n) is 1.69. The molecule has 3 N–H and O–H groups in total. The van der Waals surface area contributed by atoms with E-state index in [1.54, 1.807) is 12.1 Å². The summed E-state index contributed by atoms with van der Waals surface area (Å²) >= 11 is 0. The Labute approximate surface area is 120 Å². The fraction of sp³-hybridized carbons (Fsp3) is 0.533. The van der Waals surface area contributed by atoms with E-state index in [0.717, 1.165) is 0 Å². The first-order valence-corrected chi connectivity index (χ1v) is 6.87. The minimum atomic E-state index is -0.761. The number of carbonyl (C=O) groups excluding carboxylic acids is 1. The molecule has 1 aromatic carbocycles. The van der Waals surface area contributed by atoms with Crippen LogP contribution in [0.15, 0.2) is 24.3 Å². The van der Waals surface area contributed by atoms with Crippen LogP contribution in [0.3, 0.4) is 0 Å². The molecule has 1 atom stereocenters. The molecule has 5 heteroatoms. The number of amides is 2. The number of aliphatic hydroxyl groups is 1. The van der Waals surface area contributed by atoms with Gasteiger partial charge in [0.1, 0.15) is 5.75 Å². The number of nitrogens with one attached hydrogen (secondary N) is 2. The van der Waals surface area contributed by atoms with E-state index < -0.39 is 6.10 Å². The van der Waals surface area contributed by atoms with E-state index in [9.17, 15) is 9.90 Å². The Morgan fingerprint density at radius 1 is 1.30 bits per heavy atom. The van der Waals surface area contributed by atoms with Crippen molar-refractivity contribution >= 4 is 6.03 Å². The van der Waals surface area contributed by atoms with Gasteiger partial charge in [0.25, 0.3) is 0 Å². The maximum absolute atomic E-state index is 11.4. The van der Waals surface area contributed by atoms with Crippen molar-refractivity contribution in [1.29, 1.82) is 0 Å². The Morgan fingerprint density at radius 2 is 2.00 bits per heavy atom. The molecule has 5 nitrogen and oxygen atoms in total. The number of aliphatic hydroxyl groups excluding tert-OH is 1. The first kappa shape index (κ1) is 16.3. The normalized spacial score (nSPS) is 12.3. The van der Waals surface area contributed by atoms with Crippen molar-refractivity contribution in [3.63, 3.8) is 0 Å². The first-order valence-electron chi connectivity index (χ1n) is 6.87. The summed E-state index contributed by atoms with van der Waals surface area (Å²) in [6.07, 6.45) is -0.680. The van der Waals surface area contributed by atoms with Gasteiger partial charge < -0.3 is 20.5 Å². The highest BCUT2D eigenvalue weighted by Crippen LogP contribution is 2.19. The summed E-state index contributed by atoms with van der Waals surface area (Å²) in [6, 6.07) is 7.04. The summed E-state index contributed by atoms with van der Waals surface area (Å²) in [5.41, 5.74) is 0.716. The number of carbonyl (C=O) groups is 1. The van der Waals surface area contributed by atoms with Crippen molar-refractivity contribution < 1.29 is 14.6 Å². The molecular weight excluding hydrogens is 256 g/mol. The molecular formula is C15H24N2O3. The van der Waals surface area contributed by atoms with Crippen LogP contribution in [-0.2, 0) is 0 Å². The maximum atomic E-state index is 11.4. The van der Waals surface area contributed by atoms with Gasteiger partial charge in [0, 0.05) is 12.6 Å². The van der Waals surface area contributed by atoms with Crippen LogP contribution in [0.2, 0.25) is 0 Å². The zero-order chi connectivity index (χ0) is 15.1. The van der Waals surface area contributed by atoms with E-state index in [0.29, 0.717) is 11.3 Å². The smallest absolute Gasteiger partial charge is 0.315 e. The molecule has 0 aliphatic carbocycles. The summed E-state index contributed by atoms with van der Waals surface area (Å²) in [5, 5.41) is 15.4. The summed E-state index contributed by atoms with van der Waals surface area (Å²) in [5.74, 6) is 0.711. The van der Waals surface area contributed by atoms with Crippen LogP contribution in [0.5, 0.6) is 5.75 Å². The molecule has 0 heterocycles. The average molecular weight is 280 g/mol. The minimum absolute atomic E-state index is 0.0647. The lowest BCUT2D eigenvalue weighted by molar-refractivity contribution is 0.171. The lowest BCUT2D eigenvalue weighted by Crippen LogP contribution is -2.41. The van der Waals surface area contributed by atoms with Gasteiger partial charge in [0.2, 0.25) is 0 Å². The maximum Gasteiger partial charge on any atom is 0.315 e. The quantitative estimate of drug-likeness (QED) is 0.748. The van der Waals surface area contributed by atoms with E-state index in [4.69, 9.17) is 4.74 Å². The van der Waals surface area contributed by atoms with Gasteiger partial charge in [-0.1, -0.05) is 12.1 Å². The fourth-order valence-corrected chi connectivity index (χ4v) is 1.69. The second kappa shape index (κ2) is 7.75. The Bertz CT molecular complexity index is 433. The van der Waals surface area contributed by atoms with E-state index in [2.05, 4.69) is 10.6 Å². The van der Waals surface area contributed by atoms with Crippen LogP contribution in [0, 0.1) is 0 Å². The molecule has 0 fully saturated rings. The summed E-state index contributed by atoms with van der Waals surface area (Å²) in [4.78, 5) is 11.4. The van der Waals surface area contributed by atoms with E-state index in [-0.39, 0.29) is 24.7 Å². The SMILES string of the molecule is CC(C)NC(=O)NCC(O)c1cccc(OC(C)C)c1. The van der Waals surface area contributed by atoms with Crippen LogP contribution in [0.4, 0.5) is 4.79 Å². The number of urea groups is 1. The van der Waals surface area contributed by atoms with Gasteiger partial charge in [-0.15, -0.1) is 0 Å². The number of hydrogen-bond acceptors (Lipinski definition) is 3. The average Bonchev–Trinajstić information content (AvgIpc) is 2.34. The third-order valence-corrected chi connectivity index (χ3v) is 2.49. The van der Waals surface area contributed by atoms with Gasteiger partial charge in [-0.25, -0.2) is 4.79 Å². The van der Waals surface area contributed by atoms with E-state index in [1.807, 2.05) is 39.8 Å². The lowest BCUT2D eigenvalue weighted by atomic mass is 10.1. The van der Waals surface area contributed by atoms with Crippen molar-refractivity contribution in [1.82, 2.24) is 10.6 Å². The van der Waals surface area contributed by atoms with Crippen molar-refractivity contribution in [2.24, 2.45) is 0 Å². The molecule has 0 radical (unpaired) electrons. The molecule has 0 saturated heterocycles. The van der Waals surface area contributed by atoms with Crippen LogP contribution in [-0.4, -0.2) is 29.8 Å². The lowest BCUT2D eigenvalue weighted by Gasteiger charge is -2.16. The molecule has 1 unspecified atom stereocenters. The van der Waals surface area contributed by atoms with Crippen molar-refractivity contribution in [3.05, 3.63) is 29.8 Å². The predicted molar refractivity (Wildman–Crippen MR) is 78.8 cm³/mol. The Morgan fingerprint density at radius 3 is 2.60 bits per heavy atom. The van der Waals surface area contributed by atoms with Crippen molar-refractivity contribution in [3.8, 4) is 5.75 Å². The molecule has 0 spiro atoms. The monoisotopic (exact) mass is 280 g/mol. The van der Waals surface area contributed by atoms with Gasteiger partial charge in [-0.2, -0.15) is 0 Å². The Balaban J connectivity index is 2.54. The summed E-state index contributed by atoms with van der Waals surface area (Å²) < 4.78 is 5.57. The topological polar surface area (TPSA) is 70.6 Å². The molecule has 0 aliphatic rings. The van der Waals surface area contributed by atoms with Crippen LogP contribution >= 0.6 is 0 Å². The van der Waals surface area contributed by atoms with Gasteiger partial charge in [-0.05, 0) is 45.4 Å². The van der Waals surface area contributed by atoms with Gasteiger partial charge in [0.15, 0.2) is 0 Å². The Hall–Kier alpha value is -1.75. The van der Waals surface area contributed by atoms with Gasteiger partial charge in [0.05, 0.1) is 12.2 Å². The predicted octanol–water partition coefficient (Wildman–Crippen LogP) is 2.21. The van der Waals surface area contributed by atoms with Crippen molar-refractivity contribution in [2.45, 2.75) is 45.9 Å². The van der Waals surface area contributed by atoms with Crippen LogP contribution in [0.25, 0.3) is 0 Å². The first-order chi connectivity index (χ1) is 9.38. The molecule has 0 saturated carbocycles. The molecule has 1 aromatic rings. The largest absolute Gasteiger partial charge is 0.491 e. The molecule has 0 aromatic heterocycles. The van der Waals surface area contributed by atoms with Crippen LogP contribution < -0.4 is 15.4 Å². The third kappa shape index (κ3) is 5.93. The molecule has 0 aliphatic heterocycles. The second-order valence-corrected chi connectivity index (χ2v) is 5.26.